The molecular formula is C18H21ClN2O3S. The lowest BCUT2D eigenvalue weighted by Gasteiger charge is -2.22. The van der Waals surface area contributed by atoms with Crippen LogP contribution < -0.4 is 4.72 Å². The maximum atomic E-state index is 12.3. The summed E-state index contributed by atoms with van der Waals surface area (Å²) in [7, 11) is -3.71. The molecule has 1 amide bonds. The second kappa shape index (κ2) is 8.47. The van der Waals surface area contributed by atoms with Gasteiger partial charge in [-0.15, -0.1) is 0 Å². The first-order valence-corrected chi connectivity index (χ1v) is 9.71. The van der Waals surface area contributed by atoms with E-state index in [2.05, 4.69) is 4.72 Å². The Morgan fingerprint density at radius 1 is 1.12 bits per heavy atom. The number of nitrogens with one attached hydrogen (secondary N) is 1. The highest BCUT2D eigenvalue weighted by Gasteiger charge is 2.18. The van der Waals surface area contributed by atoms with Gasteiger partial charge in [-0.2, -0.15) is 0 Å². The maximum Gasteiger partial charge on any atom is 0.242 e. The number of carbonyl (C=O) groups is 1. The van der Waals surface area contributed by atoms with Crippen molar-refractivity contribution in [3.63, 3.8) is 0 Å². The molecule has 0 heterocycles. The normalized spacial score (nSPS) is 11.3. The highest BCUT2D eigenvalue weighted by atomic mass is 35.5. The number of amides is 1. The molecule has 0 fully saturated rings. The molecule has 0 saturated carbocycles. The zero-order valence-corrected chi connectivity index (χ0v) is 15.8. The van der Waals surface area contributed by atoms with Crippen LogP contribution in [0.2, 0.25) is 5.02 Å². The lowest BCUT2D eigenvalue weighted by molar-refractivity contribution is -0.129. The van der Waals surface area contributed by atoms with E-state index in [4.69, 9.17) is 11.6 Å². The highest BCUT2D eigenvalue weighted by Crippen LogP contribution is 2.20. The minimum Gasteiger partial charge on any atom is -0.337 e. The van der Waals surface area contributed by atoms with Gasteiger partial charge in [-0.05, 0) is 30.2 Å². The Kier molecular flexibility index (Phi) is 6.58. The summed E-state index contributed by atoms with van der Waals surface area (Å²) in [5.74, 6) is -0.111. The number of carbonyl (C=O) groups excluding carboxylic acids is 1. The Morgan fingerprint density at radius 2 is 1.76 bits per heavy atom. The van der Waals surface area contributed by atoms with Gasteiger partial charge in [0.1, 0.15) is 4.90 Å². The average molecular weight is 381 g/mol. The average Bonchev–Trinajstić information content (AvgIpc) is 2.55. The molecule has 1 N–H and O–H groups in total. The SMILES string of the molecule is CC(=O)N(CCNS(=O)(=O)c1ccccc1Cl)Cc1ccccc1C. The molecule has 0 aromatic heterocycles. The number of hydrogen-bond acceptors (Lipinski definition) is 3. The van der Waals surface area contributed by atoms with Crippen LogP contribution in [0.25, 0.3) is 0 Å². The first-order chi connectivity index (χ1) is 11.8. The van der Waals surface area contributed by atoms with Gasteiger partial charge in [0.2, 0.25) is 15.9 Å². The molecule has 0 aliphatic rings. The topological polar surface area (TPSA) is 66.5 Å². The molecule has 2 aromatic rings. The number of rotatable bonds is 7. The number of halogens is 1. The monoisotopic (exact) mass is 380 g/mol. The molecule has 0 atom stereocenters. The molecule has 0 unspecified atom stereocenters. The van der Waals surface area contributed by atoms with Gasteiger partial charge in [-0.25, -0.2) is 13.1 Å². The van der Waals surface area contributed by atoms with Crippen molar-refractivity contribution in [2.24, 2.45) is 0 Å². The summed E-state index contributed by atoms with van der Waals surface area (Å²) in [6, 6.07) is 14.0. The molecular weight excluding hydrogens is 360 g/mol. The minimum atomic E-state index is -3.71. The second-order valence-electron chi connectivity index (χ2n) is 5.70. The van der Waals surface area contributed by atoms with Crippen molar-refractivity contribution in [1.82, 2.24) is 9.62 Å². The van der Waals surface area contributed by atoms with Crippen LogP contribution in [0.15, 0.2) is 53.4 Å². The van der Waals surface area contributed by atoms with Crippen LogP contribution in [-0.4, -0.2) is 32.3 Å². The lowest BCUT2D eigenvalue weighted by Crippen LogP contribution is -2.37. The minimum absolute atomic E-state index is 0.0324. The van der Waals surface area contributed by atoms with Gasteiger partial charge in [0.15, 0.2) is 0 Å². The smallest absolute Gasteiger partial charge is 0.242 e. The third kappa shape index (κ3) is 5.29. The van der Waals surface area contributed by atoms with Crippen molar-refractivity contribution in [3.05, 3.63) is 64.7 Å². The number of aryl methyl sites for hydroxylation is 1. The number of sulfonamides is 1. The van der Waals surface area contributed by atoms with Gasteiger partial charge in [-0.1, -0.05) is 48.0 Å². The molecule has 2 rings (SSSR count). The third-order valence-electron chi connectivity index (χ3n) is 3.87. The summed E-state index contributed by atoms with van der Waals surface area (Å²) in [6.45, 7) is 4.27. The van der Waals surface area contributed by atoms with Crippen molar-refractivity contribution >= 4 is 27.5 Å². The molecule has 0 aliphatic heterocycles. The van der Waals surface area contributed by atoms with Crippen LogP contribution in [0.4, 0.5) is 0 Å². The van der Waals surface area contributed by atoms with Crippen molar-refractivity contribution < 1.29 is 13.2 Å². The summed E-state index contributed by atoms with van der Waals surface area (Å²) in [5, 5.41) is 0.165. The molecule has 7 heteroatoms. The summed E-state index contributed by atoms with van der Waals surface area (Å²) >= 11 is 5.94. The quantitative estimate of drug-likeness (QED) is 0.803. The Hall–Kier alpha value is -1.89. The van der Waals surface area contributed by atoms with Gasteiger partial charge in [0.25, 0.3) is 0 Å². The molecule has 0 bridgehead atoms. The molecule has 25 heavy (non-hydrogen) atoms. The first kappa shape index (κ1) is 19.4. The summed E-state index contributed by atoms with van der Waals surface area (Å²) < 4.78 is 27.1. The predicted octanol–water partition coefficient (Wildman–Crippen LogP) is 2.98. The predicted molar refractivity (Wildman–Crippen MR) is 98.9 cm³/mol. The molecule has 0 spiro atoms. The van der Waals surface area contributed by atoms with Crippen molar-refractivity contribution in [2.75, 3.05) is 13.1 Å². The van der Waals surface area contributed by atoms with Crippen LogP contribution in [0.5, 0.6) is 0 Å². The fourth-order valence-electron chi connectivity index (χ4n) is 2.40. The Morgan fingerprint density at radius 3 is 2.40 bits per heavy atom. The highest BCUT2D eigenvalue weighted by molar-refractivity contribution is 7.89. The summed E-state index contributed by atoms with van der Waals surface area (Å²) in [6.07, 6.45) is 0. The van der Waals surface area contributed by atoms with E-state index >= 15 is 0 Å². The van der Waals surface area contributed by atoms with E-state index in [1.807, 2.05) is 31.2 Å². The fourth-order valence-corrected chi connectivity index (χ4v) is 3.93. The van der Waals surface area contributed by atoms with Crippen molar-refractivity contribution in [3.8, 4) is 0 Å². The second-order valence-corrected chi connectivity index (χ2v) is 7.84. The summed E-state index contributed by atoms with van der Waals surface area (Å²) in [5.41, 5.74) is 2.12. The maximum absolute atomic E-state index is 12.3. The zero-order chi connectivity index (χ0) is 18.4. The first-order valence-electron chi connectivity index (χ1n) is 7.85. The molecule has 2 aromatic carbocycles. The van der Waals surface area contributed by atoms with Crippen molar-refractivity contribution in [1.29, 1.82) is 0 Å². The number of nitrogens with zero attached hydrogens (tertiary/aromatic N) is 1. The van der Waals surface area contributed by atoms with E-state index in [-0.39, 0.29) is 28.9 Å². The standard InChI is InChI=1S/C18H21ClN2O3S/c1-14-7-3-4-8-16(14)13-21(15(2)22)12-11-20-25(23,24)18-10-6-5-9-17(18)19/h3-10,20H,11-13H2,1-2H3. The number of benzene rings is 2. The van der Waals surface area contributed by atoms with Crippen molar-refractivity contribution in [2.45, 2.75) is 25.3 Å². The van der Waals surface area contributed by atoms with Gasteiger partial charge >= 0.3 is 0 Å². The van der Waals surface area contributed by atoms with Gasteiger partial charge in [-0.3, -0.25) is 4.79 Å². The van der Waals surface area contributed by atoms with E-state index in [1.54, 1.807) is 17.0 Å². The van der Waals surface area contributed by atoms with E-state index in [9.17, 15) is 13.2 Å². The molecule has 0 aliphatic carbocycles. The van der Waals surface area contributed by atoms with Gasteiger partial charge < -0.3 is 4.90 Å². The van der Waals surface area contributed by atoms with Gasteiger partial charge in [0, 0.05) is 26.6 Å². The van der Waals surface area contributed by atoms with E-state index in [0.29, 0.717) is 6.54 Å². The van der Waals surface area contributed by atoms with E-state index < -0.39 is 10.0 Å². The lowest BCUT2D eigenvalue weighted by atomic mass is 10.1. The third-order valence-corrected chi connectivity index (χ3v) is 5.83. The van der Waals surface area contributed by atoms with Crippen LogP contribution in [0, 0.1) is 6.92 Å². The number of hydrogen-bond donors (Lipinski definition) is 1. The zero-order valence-electron chi connectivity index (χ0n) is 14.2. The molecule has 5 nitrogen and oxygen atoms in total. The Bertz CT molecular complexity index is 853. The molecule has 0 saturated heterocycles. The van der Waals surface area contributed by atoms with Gasteiger partial charge in [0.05, 0.1) is 5.02 Å². The fraction of sp³-hybridized carbons (Fsp3) is 0.278. The molecule has 0 radical (unpaired) electrons. The molecule has 134 valence electrons. The Labute approximate surface area is 153 Å². The van der Waals surface area contributed by atoms with Crippen LogP contribution in [-0.2, 0) is 21.4 Å². The van der Waals surface area contributed by atoms with Crippen LogP contribution in [0.1, 0.15) is 18.1 Å². The largest absolute Gasteiger partial charge is 0.337 e. The summed E-state index contributed by atoms with van der Waals surface area (Å²) in [4.78, 5) is 13.5. The van der Waals surface area contributed by atoms with E-state index in [1.165, 1.54) is 19.1 Å². The van der Waals surface area contributed by atoms with Crippen LogP contribution in [0.3, 0.4) is 0 Å². The van der Waals surface area contributed by atoms with E-state index in [0.717, 1.165) is 11.1 Å². The van der Waals surface area contributed by atoms with Crippen LogP contribution >= 0.6 is 11.6 Å². The Balaban J connectivity index is 2.01.